The number of para-hydroxylation sites is 1. The Morgan fingerprint density at radius 2 is 2.07 bits per heavy atom. The van der Waals surface area contributed by atoms with Gasteiger partial charge in [0.1, 0.15) is 5.82 Å². The van der Waals surface area contributed by atoms with Gasteiger partial charge in [-0.2, -0.15) is 10.2 Å². The van der Waals surface area contributed by atoms with Gasteiger partial charge in [0, 0.05) is 35.9 Å². The van der Waals surface area contributed by atoms with Gasteiger partial charge < -0.3 is 5.73 Å². The van der Waals surface area contributed by atoms with Crippen molar-refractivity contribution in [2.24, 2.45) is 5.73 Å². The molecule has 0 radical (unpaired) electrons. The van der Waals surface area contributed by atoms with E-state index < -0.39 is 5.91 Å². The van der Waals surface area contributed by atoms with E-state index in [9.17, 15) is 4.79 Å². The molecule has 3 aromatic heterocycles. The van der Waals surface area contributed by atoms with E-state index >= 15 is 0 Å². The first-order chi connectivity index (χ1) is 13.7. The number of carbonyl (C=O) groups is 1. The maximum atomic E-state index is 11.5. The maximum Gasteiger partial charge on any atom is 0.225 e. The van der Waals surface area contributed by atoms with E-state index in [1.165, 1.54) is 5.69 Å². The molecule has 0 fully saturated rings. The highest BCUT2D eigenvalue weighted by molar-refractivity contribution is 5.86. The molecule has 8 nitrogen and oxygen atoms in total. The predicted octanol–water partition coefficient (Wildman–Crippen LogP) is 1.77. The number of nitrogens with zero attached hydrogens (tertiary/aromatic N) is 6. The van der Waals surface area contributed by atoms with Gasteiger partial charge in [-0.3, -0.25) is 14.5 Å². The Labute approximate surface area is 161 Å². The first-order valence-corrected chi connectivity index (χ1v) is 9.28. The maximum absolute atomic E-state index is 11.5. The number of rotatable bonds is 4. The molecule has 0 bridgehead atoms. The van der Waals surface area contributed by atoms with Crippen molar-refractivity contribution in [3.8, 4) is 5.69 Å². The molecule has 4 aromatic rings. The van der Waals surface area contributed by atoms with Crippen LogP contribution in [0.3, 0.4) is 0 Å². The van der Waals surface area contributed by atoms with Gasteiger partial charge in [-0.05, 0) is 31.0 Å². The zero-order valence-corrected chi connectivity index (χ0v) is 15.2. The number of hydrogen-bond acceptors (Lipinski definition) is 5. The number of aryl methyl sites for hydroxylation is 1. The Balaban J connectivity index is 1.64. The van der Waals surface area contributed by atoms with E-state index in [0.29, 0.717) is 5.82 Å². The standard InChI is InChI=1S/C20H19N7O/c21-17(28)12-18-24-20(14-7-10-26-15(11-14)6-9-23-26)27(25-18)16-5-1-3-13-4-2-8-22-19(13)16/h1-6,8-9,14H,7,10-12H2,(H2,21,28). The summed E-state index contributed by atoms with van der Waals surface area (Å²) in [5.41, 5.74) is 8.27. The molecule has 2 N–H and O–H groups in total. The lowest BCUT2D eigenvalue weighted by molar-refractivity contribution is -0.117. The Morgan fingerprint density at radius 1 is 1.18 bits per heavy atom. The van der Waals surface area contributed by atoms with Crippen molar-refractivity contribution in [2.45, 2.75) is 31.7 Å². The molecule has 4 heterocycles. The SMILES string of the molecule is NC(=O)Cc1nc(C2CCn3nccc3C2)n(-c2cccc3cccnc23)n1. The zero-order chi connectivity index (χ0) is 19.1. The summed E-state index contributed by atoms with van der Waals surface area (Å²) in [5, 5.41) is 10.0. The van der Waals surface area contributed by atoms with Crippen LogP contribution in [0.1, 0.15) is 29.7 Å². The molecule has 8 heteroatoms. The van der Waals surface area contributed by atoms with Crippen molar-refractivity contribution >= 4 is 16.8 Å². The third-order valence-corrected chi connectivity index (χ3v) is 5.16. The lowest BCUT2D eigenvalue weighted by Gasteiger charge is -2.23. The van der Waals surface area contributed by atoms with Crippen LogP contribution in [-0.4, -0.2) is 35.4 Å². The topological polar surface area (TPSA) is 105 Å². The fourth-order valence-corrected chi connectivity index (χ4v) is 3.89. The Kier molecular flexibility index (Phi) is 3.89. The molecule has 0 aliphatic carbocycles. The lowest BCUT2D eigenvalue weighted by Crippen LogP contribution is -2.21. The first-order valence-electron chi connectivity index (χ1n) is 9.28. The average Bonchev–Trinajstić information content (AvgIpc) is 3.33. The Hall–Kier alpha value is -3.55. The van der Waals surface area contributed by atoms with E-state index in [1.54, 1.807) is 6.20 Å². The number of amides is 1. The molecule has 140 valence electrons. The molecular weight excluding hydrogens is 354 g/mol. The third kappa shape index (κ3) is 2.83. The van der Waals surface area contributed by atoms with E-state index in [1.807, 2.05) is 52.0 Å². The highest BCUT2D eigenvalue weighted by Gasteiger charge is 2.27. The third-order valence-electron chi connectivity index (χ3n) is 5.16. The molecule has 0 saturated carbocycles. The quantitative estimate of drug-likeness (QED) is 0.587. The van der Waals surface area contributed by atoms with Crippen molar-refractivity contribution in [2.75, 3.05) is 0 Å². The normalized spacial score (nSPS) is 16.2. The number of fused-ring (bicyclic) bond motifs is 2. The molecule has 5 rings (SSSR count). The van der Waals surface area contributed by atoms with E-state index in [4.69, 9.17) is 10.7 Å². The van der Waals surface area contributed by atoms with Gasteiger partial charge in [0.2, 0.25) is 5.91 Å². The lowest BCUT2D eigenvalue weighted by atomic mass is 9.95. The predicted molar refractivity (Wildman–Crippen MR) is 103 cm³/mol. The molecule has 28 heavy (non-hydrogen) atoms. The van der Waals surface area contributed by atoms with E-state index in [2.05, 4.69) is 15.2 Å². The Bertz CT molecular complexity index is 1170. The first kappa shape index (κ1) is 16.6. The van der Waals surface area contributed by atoms with Crippen LogP contribution in [0.5, 0.6) is 0 Å². The van der Waals surface area contributed by atoms with Crippen molar-refractivity contribution in [3.05, 3.63) is 66.1 Å². The second-order valence-electron chi connectivity index (χ2n) is 7.03. The number of primary amides is 1. The molecule has 1 unspecified atom stereocenters. The number of carbonyl (C=O) groups excluding carboxylic acids is 1. The smallest absolute Gasteiger partial charge is 0.225 e. The monoisotopic (exact) mass is 373 g/mol. The molecule has 1 aliphatic rings. The highest BCUT2D eigenvalue weighted by atomic mass is 16.1. The van der Waals surface area contributed by atoms with Crippen molar-refractivity contribution in [1.29, 1.82) is 0 Å². The van der Waals surface area contributed by atoms with Gasteiger partial charge in [0.25, 0.3) is 0 Å². The summed E-state index contributed by atoms with van der Waals surface area (Å²) in [5.74, 6) is 1.01. The van der Waals surface area contributed by atoms with Gasteiger partial charge >= 0.3 is 0 Å². The zero-order valence-electron chi connectivity index (χ0n) is 15.2. The molecule has 0 spiro atoms. The summed E-state index contributed by atoms with van der Waals surface area (Å²) in [6.07, 6.45) is 5.35. The summed E-state index contributed by atoms with van der Waals surface area (Å²) in [4.78, 5) is 20.7. The number of benzene rings is 1. The van der Waals surface area contributed by atoms with Crippen molar-refractivity contribution in [1.82, 2.24) is 29.5 Å². The minimum absolute atomic E-state index is 0.0167. The summed E-state index contributed by atoms with van der Waals surface area (Å²) >= 11 is 0. The molecule has 1 aliphatic heterocycles. The van der Waals surface area contributed by atoms with Crippen LogP contribution in [0.25, 0.3) is 16.6 Å². The minimum Gasteiger partial charge on any atom is -0.369 e. The summed E-state index contributed by atoms with van der Waals surface area (Å²) in [7, 11) is 0. The second-order valence-corrected chi connectivity index (χ2v) is 7.03. The van der Waals surface area contributed by atoms with E-state index in [0.717, 1.165) is 41.8 Å². The van der Waals surface area contributed by atoms with Gasteiger partial charge in [0.15, 0.2) is 5.82 Å². The minimum atomic E-state index is -0.443. The van der Waals surface area contributed by atoms with Crippen LogP contribution in [0.15, 0.2) is 48.8 Å². The highest BCUT2D eigenvalue weighted by Crippen LogP contribution is 2.31. The molecule has 1 atom stereocenters. The van der Waals surface area contributed by atoms with Crippen LogP contribution in [0.4, 0.5) is 0 Å². The summed E-state index contributed by atoms with van der Waals surface area (Å²) in [6.45, 7) is 0.832. The van der Waals surface area contributed by atoms with Gasteiger partial charge in [-0.25, -0.2) is 9.67 Å². The van der Waals surface area contributed by atoms with Crippen LogP contribution < -0.4 is 5.73 Å². The van der Waals surface area contributed by atoms with Crippen LogP contribution >= 0.6 is 0 Å². The van der Waals surface area contributed by atoms with Crippen LogP contribution in [-0.2, 0) is 24.2 Å². The van der Waals surface area contributed by atoms with Gasteiger partial charge in [-0.1, -0.05) is 18.2 Å². The molecule has 1 aromatic carbocycles. The molecular formula is C20H19N7O. The Morgan fingerprint density at radius 3 is 2.96 bits per heavy atom. The van der Waals surface area contributed by atoms with Crippen molar-refractivity contribution in [3.63, 3.8) is 0 Å². The number of nitrogens with two attached hydrogens (primary N) is 1. The number of aromatic nitrogens is 6. The fourth-order valence-electron chi connectivity index (χ4n) is 3.89. The summed E-state index contributed by atoms with van der Waals surface area (Å²) in [6, 6.07) is 12.0. The summed E-state index contributed by atoms with van der Waals surface area (Å²) < 4.78 is 3.87. The average molecular weight is 373 g/mol. The van der Waals surface area contributed by atoms with Gasteiger partial charge in [-0.15, -0.1) is 0 Å². The van der Waals surface area contributed by atoms with Gasteiger partial charge in [0.05, 0.1) is 17.6 Å². The molecule has 1 amide bonds. The fraction of sp³-hybridized carbons (Fsp3) is 0.250. The second kappa shape index (κ2) is 6.56. The molecule has 0 saturated heterocycles. The van der Waals surface area contributed by atoms with Crippen molar-refractivity contribution < 1.29 is 4.79 Å². The van der Waals surface area contributed by atoms with Crippen LogP contribution in [0, 0.1) is 0 Å². The number of hydrogen-bond donors (Lipinski definition) is 1. The largest absolute Gasteiger partial charge is 0.369 e. The van der Waals surface area contributed by atoms with Crippen LogP contribution in [0.2, 0.25) is 0 Å². The van der Waals surface area contributed by atoms with E-state index in [-0.39, 0.29) is 12.3 Å². The number of pyridine rings is 1.